The lowest BCUT2D eigenvalue weighted by molar-refractivity contribution is 1.15. The molecule has 7 heteroatoms. The van der Waals surface area contributed by atoms with Crippen molar-refractivity contribution in [2.24, 2.45) is 5.84 Å². The highest BCUT2D eigenvalue weighted by molar-refractivity contribution is 5.85. The van der Waals surface area contributed by atoms with Crippen LogP contribution >= 0.6 is 12.4 Å². The average molecular weight is 177 g/mol. The molecular formula is C4H9ClN6. The van der Waals surface area contributed by atoms with Crippen LogP contribution < -0.4 is 22.7 Å². The average Bonchev–Trinajstić information content (AvgIpc) is 1.95. The minimum Gasteiger partial charge on any atom is -0.393 e. The zero-order valence-corrected chi connectivity index (χ0v) is 6.43. The van der Waals surface area contributed by atoms with E-state index in [2.05, 4.69) is 15.4 Å². The van der Waals surface area contributed by atoms with E-state index in [1.165, 1.54) is 6.33 Å². The summed E-state index contributed by atoms with van der Waals surface area (Å²) in [5, 5.41) is 0. The monoisotopic (exact) mass is 176 g/mol. The number of rotatable bonds is 1. The lowest BCUT2D eigenvalue weighted by atomic mass is 10.4. The maximum atomic E-state index is 5.40. The molecule has 1 aromatic rings. The predicted octanol–water partition coefficient (Wildman–Crippen LogP) is -0.652. The van der Waals surface area contributed by atoms with Crippen LogP contribution in [0.1, 0.15) is 0 Å². The van der Waals surface area contributed by atoms with E-state index >= 15 is 0 Å². The van der Waals surface area contributed by atoms with Gasteiger partial charge in [0.2, 0.25) is 0 Å². The second-order valence-corrected chi connectivity index (χ2v) is 1.67. The van der Waals surface area contributed by atoms with E-state index in [0.717, 1.165) is 0 Å². The van der Waals surface area contributed by atoms with Crippen molar-refractivity contribution in [3.8, 4) is 0 Å². The van der Waals surface area contributed by atoms with Crippen LogP contribution in [0.3, 0.4) is 0 Å². The molecule has 7 N–H and O–H groups in total. The highest BCUT2D eigenvalue weighted by Crippen LogP contribution is 2.17. The number of hydrazine groups is 1. The standard InChI is InChI=1S/C4H8N6.ClH/c5-2-3(6)8-1-9-4(2)10-7;/h1H,5,7H2,(H3,6,8,9,10);1H. The Labute approximate surface area is 69.6 Å². The minimum absolute atomic E-state index is 0. The van der Waals surface area contributed by atoms with Crippen molar-refractivity contribution >= 4 is 29.7 Å². The van der Waals surface area contributed by atoms with Crippen LogP contribution in [0.5, 0.6) is 0 Å². The van der Waals surface area contributed by atoms with Crippen molar-refractivity contribution in [1.29, 1.82) is 0 Å². The third-order valence-electron chi connectivity index (χ3n) is 1.05. The molecule has 0 aliphatic heterocycles. The summed E-state index contributed by atoms with van der Waals surface area (Å²) in [5.41, 5.74) is 13.3. The van der Waals surface area contributed by atoms with Gasteiger partial charge in [0, 0.05) is 0 Å². The van der Waals surface area contributed by atoms with Gasteiger partial charge in [0.15, 0.2) is 11.6 Å². The Bertz CT molecular complexity index is 238. The number of nitrogens with two attached hydrogens (primary N) is 3. The fourth-order valence-electron chi connectivity index (χ4n) is 0.524. The second kappa shape index (κ2) is 3.79. The van der Waals surface area contributed by atoms with E-state index in [1.54, 1.807) is 0 Å². The Morgan fingerprint density at radius 3 is 2.36 bits per heavy atom. The van der Waals surface area contributed by atoms with Crippen LogP contribution in [0.15, 0.2) is 6.33 Å². The first-order valence-corrected chi connectivity index (χ1v) is 2.58. The van der Waals surface area contributed by atoms with Gasteiger partial charge in [-0.15, -0.1) is 12.4 Å². The van der Waals surface area contributed by atoms with E-state index in [4.69, 9.17) is 17.3 Å². The van der Waals surface area contributed by atoms with Gasteiger partial charge >= 0.3 is 0 Å². The first-order valence-electron chi connectivity index (χ1n) is 2.58. The number of nitrogens with one attached hydrogen (secondary N) is 1. The van der Waals surface area contributed by atoms with E-state index < -0.39 is 0 Å². The summed E-state index contributed by atoms with van der Waals surface area (Å²) in [5.74, 6) is 5.61. The summed E-state index contributed by atoms with van der Waals surface area (Å²) in [4.78, 5) is 7.34. The Morgan fingerprint density at radius 1 is 1.27 bits per heavy atom. The SMILES string of the molecule is Cl.NNc1ncnc(N)c1N. The van der Waals surface area contributed by atoms with E-state index in [9.17, 15) is 0 Å². The number of hydrogen-bond donors (Lipinski definition) is 4. The van der Waals surface area contributed by atoms with Gasteiger partial charge in [-0.25, -0.2) is 15.8 Å². The van der Waals surface area contributed by atoms with Crippen molar-refractivity contribution in [2.45, 2.75) is 0 Å². The summed E-state index contributed by atoms with van der Waals surface area (Å²) >= 11 is 0. The number of nitrogen functional groups attached to an aromatic ring is 3. The topological polar surface area (TPSA) is 116 Å². The molecule has 0 saturated heterocycles. The lowest BCUT2D eigenvalue weighted by Gasteiger charge is -2.02. The third-order valence-corrected chi connectivity index (χ3v) is 1.05. The number of aromatic nitrogens is 2. The molecular weight excluding hydrogens is 168 g/mol. The number of hydrogen-bond acceptors (Lipinski definition) is 6. The molecule has 0 atom stereocenters. The van der Waals surface area contributed by atoms with Crippen LogP contribution in [0.4, 0.5) is 17.3 Å². The second-order valence-electron chi connectivity index (χ2n) is 1.67. The van der Waals surface area contributed by atoms with Gasteiger partial charge in [-0.2, -0.15) is 0 Å². The van der Waals surface area contributed by atoms with Crippen LogP contribution in [-0.4, -0.2) is 9.97 Å². The van der Waals surface area contributed by atoms with Crippen molar-refractivity contribution in [3.05, 3.63) is 6.33 Å². The maximum Gasteiger partial charge on any atom is 0.168 e. The van der Waals surface area contributed by atoms with Crippen molar-refractivity contribution in [1.82, 2.24) is 9.97 Å². The zero-order valence-electron chi connectivity index (χ0n) is 5.61. The fourth-order valence-corrected chi connectivity index (χ4v) is 0.524. The largest absolute Gasteiger partial charge is 0.393 e. The van der Waals surface area contributed by atoms with Gasteiger partial charge in [-0.3, -0.25) is 0 Å². The molecule has 11 heavy (non-hydrogen) atoms. The molecule has 0 bridgehead atoms. The molecule has 0 aliphatic carbocycles. The lowest BCUT2D eigenvalue weighted by Crippen LogP contribution is -2.12. The Morgan fingerprint density at radius 2 is 1.91 bits per heavy atom. The van der Waals surface area contributed by atoms with Gasteiger partial charge in [-0.05, 0) is 0 Å². The summed E-state index contributed by atoms with van der Waals surface area (Å²) in [7, 11) is 0. The molecule has 62 valence electrons. The summed E-state index contributed by atoms with van der Waals surface area (Å²) in [6.07, 6.45) is 1.28. The third kappa shape index (κ3) is 1.82. The molecule has 0 radical (unpaired) electrons. The molecule has 6 nitrogen and oxygen atoms in total. The van der Waals surface area contributed by atoms with Gasteiger partial charge in [0.05, 0.1) is 0 Å². The first-order chi connectivity index (χ1) is 4.75. The summed E-state index contributed by atoms with van der Waals surface area (Å²) in [6, 6.07) is 0. The summed E-state index contributed by atoms with van der Waals surface area (Å²) in [6.45, 7) is 0. The fraction of sp³-hybridized carbons (Fsp3) is 0. The van der Waals surface area contributed by atoms with Crippen molar-refractivity contribution < 1.29 is 0 Å². The Kier molecular flexibility index (Phi) is 3.35. The number of halogens is 1. The molecule has 1 rings (SSSR count). The van der Waals surface area contributed by atoms with E-state index in [1.807, 2.05) is 0 Å². The zero-order chi connectivity index (χ0) is 7.56. The molecule has 0 unspecified atom stereocenters. The quantitative estimate of drug-likeness (QED) is 0.334. The smallest absolute Gasteiger partial charge is 0.168 e. The van der Waals surface area contributed by atoms with Gasteiger partial charge < -0.3 is 16.9 Å². The molecule has 0 aromatic carbocycles. The van der Waals surface area contributed by atoms with Crippen molar-refractivity contribution in [3.63, 3.8) is 0 Å². The molecule has 0 aliphatic rings. The van der Waals surface area contributed by atoms with Gasteiger partial charge in [0.1, 0.15) is 12.0 Å². The molecule has 0 amide bonds. The van der Waals surface area contributed by atoms with Crippen LogP contribution in [0.2, 0.25) is 0 Å². The van der Waals surface area contributed by atoms with Gasteiger partial charge in [-0.1, -0.05) is 0 Å². The highest BCUT2D eigenvalue weighted by atomic mass is 35.5. The summed E-state index contributed by atoms with van der Waals surface area (Å²) < 4.78 is 0. The van der Waals surface area contributed by atoms with Gasteiger partial charge in [0.25, 0.3) is 0 Å². The molecule has 1 heterocycles. The normalized spacial score (nSPS) is 8.45. The Balaban J connectivity index is 0.000001000. The molecule has 0 spiro atoms. The minimum atomic E-state index is 0. The van der Waals surface area contributed by atoms with Crippen LogP contribution in [0.25, 0.3) is 0 Å². The molecule has 1 aromatic heterocycles. The van der Waals surface area contributed by atoms with E-state index in [0.29, 0.717) is 5.82 Å². The Hall–Kier alpha value is -1.27. The van der Waals surface area contributed by atoms with E-state index in [-0.39, 0.29) is 23.9 Å². The van der Waals surface area contributed by atoms with Crippen molar-refractivity contribution in [2.75, 3.05) is 16.9 Å². The first kappa shape index (κ1) is 9.73. The number of anilines is 3. The molecule has 0 fully saturated rings. The predicted molar refractivity (Wildman–Crippen MR) is 45.9 cm³/mol. The van der Waals surface area contributed by atoms with Crippen LogP contribution in [-0.2, 0) is 0 Å². The number of nitrogens with zero attached hydrogens (tertiary/aromatic N) is 2. The van der Waals surface area contributed by atoms with Crippen LogP contribution in [0, 0.1) is 0 Å². The molecule has 0 saturated carbocycles. The maximum absolute atomic E-state index is 5.40. The highest BCUT2D eigenvalue weighted by Gasteiger charge is 2.00.